The van der Waals surface area contributed by atoms with E-state index in [-0.39, 0.29) is 68.0 Å². The van der Waals surface area contributed by atoms with Crippen molar-refractivity contribution in [2.24, 2.45) is 5.73 Å². The van der Waals surface area contributed by atoms with Crippen LogP contribution in [-0.4, -0.2) is 103 Å². The molecular formula is C45H47NO14. The number of phenolic OH excluding ortho intramolecular Hbond substituents is 1. The number of aliphatic hydroxyl groups is 6. The predicted octanol–water partition coefficient (Wildman–Crippen LogP) is 2.50. The van der Waals surface area contributed by atoms with Crippen LogP contribution in [0.15, 0.2) is 54.6 Å². The van der Waals surface area contributed by atoms with Crippen LogP contribution in [0.3, 0.4) is 0 Å². The summed E-state index contributed by atoms with van der Waals surface area (Å²) in [5.74, 6) is -3.69. The molecule has 4 aromatic rings. The number of nitrogens with two attached hydrogens (primary N) is 1. The van der Waals surface area contributed by atoms with Gasteiger partial charge in [-0.15, -0.1) is 0 Å². The third-order valence-corrected chi connectivity index (χ3v) is 10.7. The molecule has 316 valence electrons. The zero-order chi connectivity index (χ0) is 43.4. The fourth-order valence-corrected chi connectivity index (χ4v) is 7.65. The first-order valence-electron chi connectivity index (χ1n) is 19.4. The van der Waals surface area contributed by atoms with Gasteiger partial charge in [-0.25, -0.2) is 0 Å². The van der Waals surface area contributed by atoms with Gasteiger partial charge in [0.15, 0.2) is 17.9 Å². The Hall–Kier alpha value is -5.62. The number of benzene rings is 4. The van der Waals surface area contributed by atoms with Gasteiger partial charge in [0.25, 0.3) is 0 Å². The third-order valence-electron chi connectivity index (χ3n) is 10.7. The normalized spacial score (nSPS) is 20.4. The van der Waals surface area contributed by atoms with E-state index in [2.05, 4.69) is 0 Å². The molecule has 15 nitrogen and oxygen atoms in total. The molecule has 6 atom stereocenters. The minimum Gasteiger partial charge on any atom is -0.507 e. The predicted molar refractivity (Wildman–Crippen MR) is 216 cm³/mol. The second-order valence-electron chi connectivity index (χ2n) is 14.8. The highest BCUT2D eigenvalue weighted by atomic mass is 16.7. The zero-order valence-electron chi connectivity index (χ0n) is 32.9. The highest BCUT2D eigenvalue weighted by Gasteiger charge is 2.44. The number of hydrogen-bond donors (Lipinski definition) is 8. The number of hydrogen-bond acceptors (Lipinski definition) is 15. The molecule has 6 rings (SSSR count). The Balaban J connectivity index is 1.53. The molecule has 0 saturated carbocycles. The van der Waals surface area contributed by atoms with Gasteiger partial charge in [0.2, 0.25) is 6.29 Å². The maximum absolute atomic E-state index is 14.9. The summed E-state index contributed by atoms with van der Waals surface area (Å²) in [7, 11) is 0. The van der Waals surface area contributed by atoms with E-state index >= 15 is 0 Å². The topological polar surface area (TPSA) is 264 Å². The van der Waals surface area contributed by atoms with Gasteiger partial charge < -0.3 is 55.7 Å². The fraction of sp³-hybridized carbons (Fsp3) is 0.333. The summed E-state index contributed by atoms with van der Waals surface area (Å²) >= 11 is 0. The second-order valence-corrected chi connectivity index (χ2v) is 14.8. The summed E-state index contributed by atoms with van der Waals surface area (Å²) < 4.78 is 17.3. The van der Waals surface area contributed by atoms with Crippen LogP contribution in [0.25, 0.3) is 12.2 Å². The average Bonchev–Trinajstić information content (AvgIpc) is 3.23. The zero-order valence-corrected chi connectivity index (χ0v) is 32.9. The summed E-state index contributed by atoms with van der Waals surface area (Å²) in [5.41, 5.74) is 6.04. The Bertz CT molecular complexity index is 2340. The van der Waals surface area contributed by atoms with Crippen LogP contribution in [-0.2, 0) is 35.6 Å². The van der Waals surface area contributed by atoms with Crippen LogP contribution in [0.5, 0.6) is 17.2 Å². The molecule has 1 saturated heterocycles. The molecular weight excluding hydrogens is 778 g/mol. The molecule has 0 aromatic heterocycles. The maximum atomic E-state index is 14.9. The number of ether oxygens (including phenoxy) is 3. The Morgan fingerprint density at radius 1 is 0.867 bits per heavy atom. The fourth-order valence-electron chi connectivity index (χ4n) is 7.65. The lowest BCUT2D eigenvalue weighted by atomic mass is 9.77. The molecule has 0 bridgehead atoms. The molecule has 0 spiro atoms. The SMILES string of the molecule is CC(=O)Oc1cc(CO)c2c(c1C=Cc1cccc(CC(O)CCCN)c1)C(=O)c1cc(OC3OC(C)C(O)C(O)C3O)c(Cc3cccc(CO)c3C=O)c(O)c1C2=O. The van der Waals surface area contributed by atoms with Crippen molar-refractivity contribution in [3.63, 3.8) is 0 Å². The third kappa shape index (κ3) is 8.80. The largest absolute Gasteiger partial charge is 0.507 e. The van der Waals surface area contributed by atoms with Gasteiger partial charge in [-0.3, -0.25) is 19.2 Å². The van der Waals surface area contributed by atoms with E-state index in [0.717, 1.165) is 18.6 Å². The first-order valence-corrected chi connectivity index (χ1v) is 19.4. The number of aldehydes is 1. The van der Waals surface area contributed by atoms with Crippen molar-refractivity contribution >= 4 is 36.0 Å². The molecule has 1 fully saturated rings. The number of carbonyl (C=O) groups is 4. The van der Waals surface area contributed by atoms with Crippen LogP contribution in [0, 0.1) is 0 Å². The number of aromatic hydroxyl groups is 1. The van der Waals surface area contributed by atoms with Gasteiger partial charge in [0.05, 0.1) is 31.0 Å². The van der Waals surface area contributed by atoms with Crippen molar-refractivity contribution in [3.8, 4) is 17.2 Å². The molecule has 4 aromatic carbocycles. The number of esters is 1. The first-order chi connectivity index (χ1) is 28.7. The van der Waals surface area contributed by atoms with Gasteiger partial charge in [-0.1, -0.05) is 48.5 Å². The summed E-state index contributed by atoms with van der Waals surface area (Å²) in [4.78, 5) is 54.2. The van der Waals surface area contributed by atoms with Gasteiger partial charge in [0.1, 0.15) is 35.6 Å². The van der Waals surface area contributed by atoms with E-state index in [0.29, 0.717) is 37.7 Å². The monoisotopic (exact) mass is 825 g/mol. The molecule has 1 heterocycles. The number of rotatable bonds is 15. The number of ketones is 2. The van der Waals surface area contributed by atoms with Crippen molar-refractivity contribution < 1.29 is 69.1 Å². The van der Waals surface area contributed by atoms with Crippen LogP contribution >= 0.6 is 0 Å². The van der Waals surface area contributed by atoms with Crippen LogP contribution in [0.4, 0.5) is 0 Å². The van der Waals surface area contributed by atoms with Crippen molar-refractivity contribution in [2.45, 2.75) is 89.6 Å². The average molecular weight is 826 g/mol. The summed E-state index contributed by atoms with van der Waals surface area (Å²) in [6.45, 7) is 1.73. The van der Waals surface area contributed by atoms with Crippen LogP contribution < -0.4 is 15.2 Å². The van der Waals surface area contributed by atoms with Crippen LogP contribution in [0.1, 0.15) is 108 Å². The maximum Gasteiger partial charge on any atom is 0.308 e. The lowest BCUT2D eigenvalue weighted by molar-refractivity contribution is -0.268. The Morgan fingerprint density at radius 2 is 1.58 bits per heavy atom. The Kier molecular flexibility index (Phi) is 13.7. The molecule has 1 aliphatic heterocycles. The highest BCUT2D eigenvalue weighted by molar-refractivity contribution is 6.31. The van der Waals surface area contributed by atoms with E-state index in [9.17, 15) is 54.9 Å². The van der Waals surface area contributed by atoms with Crippen molar-refractivity contribution in [1.82, 2.24) is 0 Å². The molecule has 0 radical (unpaired) electrons. The second kappa shape index (κ2) is 18.8. The lowest BCUT2D eigenvalue weighted by Gasteiger charge is -2.39. The van der Waals surface area contributed by atoms with Gasteiger partial charge in [0, 0.05) is 46.7 Å². The molecule has 0 amide bonds. The number of phenols is 1. The minimum atomic E-state index is -1.83. The van der Waals surface area contributed by atoms with E-state index in [1.54, 1.807) is 30.3 Å². The smallest absolute Gasteiger partial charge is 0.308 e. The summed E-state index contributed by atoms with van der Waals surface area (Å²) in [6, 6.07) is 14.2. The van der Waals surface area contributed by atoms with E-state index in [1.807, 2.05) is 12.1 Å². The van der Waals surface area contributed by atoms with Crippen molar-refractivity contribution in [2.75, 3.05) is 6.54 Å². The molecule has 15 heteroatoms. The quantitative estimate of drug-likeness (QED) is 0.0326. The molecule has 6 unspecified atom stereocenters. The Morgan fingerprint density at radius 3 is 2.27 bits per heavy atom. The molecule has 9 N–H and O–H groups in total. The molecule has 60 heavy (non-hydrogen) atoms. The number of aliphatic hydroxyl groups excluding tert-OH is 6. The van der Waals surface area contributed by atoms with Gasteiger partial charge >= 0.3 is 5.97 Å². The van der Waals surface area contributed by atoms with Gasteiger partial charge in [-0.2, -0.15) is 0 Å². The highest BCUT2D eigenvalue weighted by Crippen LogP contribution is 2.45. The Labute approximate surface area is 344 Å². The summed E-state index contributed by atoms with van der Waals surface area (Å²) in [5, 5.41) is 74.8. The molecule has 1 aliphatic carbocycles. The molecule has 2 aliphatic rings. The van der Waals surface area contributed by atoms with Crippen molar-refractivity contribution in [1.29, 1.82) is 0 Å². The minimum absolute atomic E-state index is 0.00534. The van der Waals surface area contributed by atoms with Gasteiger partial charge in [-0.05, 0) is 78.8 Å². The first kappa shape index (κ1) is 43.9. The van der Waals surface area contributed by atoms with Crippen LogP contribution in [0.2, 0.25) is 0 Å². The number of fused-ring (bicyclic) bond motifs is 2. The number of carbonyl (C=O) groups excluding carboxylic acids is 4. The van der Waals surface area contributed by atoms with E-state index in [4.69, 9.17) is 19.9 Å². The lowest BCUT2D eigenvalue weighted by Crippen LogP contribution is -2.58. The van der Waals surface area contributed by atoms with Crippen molar-refractivity contribution in [3.05, 3.63) is 121 Å². The van der Waals surface area contributed by atoms with E-state index in [1.165, 1.54) is 25.1 Å². The summed E-state index contributed by atoms with van der Waals surface area (Å²) in [6.07, 6.45) is -3.57. The van der Waals surface area contributed by atoms with E-state index < -0.39 is 78.9 Å². The standard InChI is InChI=1S/C45H47NO14/c1-22-39(52)43(56)44(57)45(58-22)60-35-18-32-38(40(53)31(35)16-26-8-4-9-27(19-47)33(26)21-49)42(55)36-28(20-48)17-34(59-23(2)50)30(37(36)41(32)54)12-11-24-6-3-7-25(14-24)15-29(51)10-5-13-46/h3-4,6-9,11-12,14,17-18,21-22,29,39,43-45,47-48,51-53,56-57H,5,10,13,15-16,19-20,46H2,1-2H3.